The van der Waals surface area contributed by atoms with Gasteiger partial charge in [0.05, 0.1) is 11.1 Å². The highest BCUT2D eigenvalue weighted by atomic mass is 16.2. The van der Waals surface area contributed by atoms with Crippen molar-refractivity contribution in [2.75, 3.05) is 13.6 Å². The van der Waals surface area contributed by atoms with Crippen LogP contribution in [0, 0.1) is 0 Å². The van der Waals surface area contributed by atoms with E-state index in [0.29, 0.717) is 24.2 Å². The minimum Gasteiger partial charge on any atom is -0.361 e. The van der Waals surface area contributed by atoms with Crippen molar-refractivity contribution in [1.82, 2.24) is 19.8 Å². The lowest BCUT2D eigenvalue weighted by Crippen LogP contribution is -2.26. The van der Waals surface area contributed by atoms with Crippen molar-refractivity contribution in [1.29, 1.82) is 0 Å². The number of amides is 3. The van der Waals surface area contributed by atoms with Crippen LogP contribution in [0.2, 0.25) is 0 Å². The Balaban J connectivity index is 1.67. The van der Waals surface area contributed by atoms with Crippen molar-refractivity contribution < 1.29 is 14.4 Å². The van der Waals surface area contributed by atoms with E-state index >= 15 is 0 Å². The van der Waals surface area contributed by atoms with Crippen LogP contribution in [0.1, 0.15) is 24.5 Å². The molecule has 0 saturated heterocycles. The number of nitrogens with one attached hydrogen (secondary N) is 2. The van der Waals surface area contributed by atoms with Crippen LogP contribution < -0.4 is 5.32 Å². The van der Waals surface area contributed by atoms with Gasteiger partial charge in [0.1, 0.15) is 0 Å². The van der Waals surface area contributed by atoms with Crippen LogP contribution in [0.4, 0.5) is 0 Å². The van der Waals surface area contributed by atoms with Gasteiger partial charge in [-0.1, -0.05) is 36.4 Å². The maximum Gasteiger partial charge on any atom is 0.261 e. The fraction of sp³-hybridized carbons (Fsp3) is 0.192. The number of hydrogen-bond donors (Lipinski definition) is 2. The predicted octanol–water partition coefficient (Wildman–Crippen LogP) is 3.56. The molecule has 1 aliphatic heterocycles. The number of nitrogens with zero attached hydrogens (tertiary/aromatic N) is 2. The second kappa shape index (κ2) is 8.09. The molecule has 2 aromatic carbocycles. The highest BCUT2D eigenvalue weighted by Crippen LogP contribution is 2.40. The third kappa shape index (κ3) is 3.42. The van der Waals surface area contributed by atoms with Crippen molar-refractivity contribution in [2.45, 2.75) is 19.9 Å². The number of aryl methyl sites for hydroxylation is 1. The van der Waals surface area contributed by atoms with Gasteiger partial charge < -0.3 is 14.9 Å². The largest absolute Gasteiger partial charge is 0.361 e. The van der Waals surface area contributed by atoms with Crippen molar-refractivity contribution in [2.24, 2.45) is 0 Å². The van der Waals surface area contributed by atoms with E-state index in [-0.39, 0.29) is 17.7 Å². The summed E-state index contributed by atoms with van der Waals surface area (Å²) in [5.74, 6) is -0.664. The number of fused-ring (bicyclic) bond motifs is 2. The number of para-hydroxylation sites is 2. The summed E-state index contributed by atoms with van der Waals surface area (Å²) in [6, 6.07) is 15.6. The van der Waals surface area contributed by atoms with Crippen LogP contribution in [-0.4, -0.2) is 45.8 Å². The van der Waals surface area contributed by atoms with Gasteiger partial charge in [-0.15, -0.1) is 0 Å². The SMILES string of the molecule is CC(=O)NCCCn1cc(C2=C(c3c[nH]c4ccccc34)C(=O)N(C)C2=O)c2ccccc21. The molecular formula is C26H24N4O3. The molecule has 0 bridgehead atoms. The van der Waals surface area contributed by atoms with E-state index < -0.39 is 0 Å². The second-order valence-electron chi connectivity index (χ2n) is 8.26. The topological polar surface area (TPSA) is 87.2 Å². The summed E-state index contributed by atoms with van der Waals surface area (Å²) in [6.07, 6.45) is 4.50. The summed E-state index contributed by atoms with van der Waals surface area (Å²) >= 11 is 0. The van der Waals surface area contributed by atoms with Crippen LogP contribution in [0.15, 0.2) is 60.9 Å². The molecule has 0 fully saturated rings. The maximum absolute atomic E-state index is 13.3. The lowest BCUT2D eigenvalue weighted by molar-refractivity contribution is -0.134. The standard InChI is InChI=1S/C26H24N4O3/c1-16(31)27-12-7-13-30-15-20(18-9-4-6-11-22(18)30)24-23(25(32)29(2)26(24)33)19-14-28-21-10-5-3-8-17(19)21/h3-6,8-11,14-15,28H,7,12-13H2,1-2H3,(H,27,31). The molecule has 2 N–H and O–H groups in total. The fourth-order valence-electron chi connectivity index (χ4n) is 4.56. The summed E-state index contributed by atoms with van der Waals surface area (Å²) in [7, 11) is 1.53. The van der Waals surface area contributed by atoms with Gasteiger partial charge in [-0.3, -0.25) is 19.3 Å². The Morgan fingerprint density at radius 1 is 0.939 bits per heavy atom. The van der Waals surface area contributed by atoms with E-state index in [2.05, 4.69) is 14.9 Å². The molecular weight excluding hydrogens is 416 g/mol. The van der Waals surface area contributed by atoms with E-state index in [1.165, 1.54) is 18.9 Å². The van der Waals surface area contributed by atoms with Gasteiger partial charge in [0, 0.05) is 72.4 Å². The number of H-pyrrole nitrogens is 1. The Kier molecular flexibility index (Phi) is 5.09. The second-order valence-corrected chi connectivity index (χ2v) is 8.26. The van der Waals surface area contributed by atoms with E-state index in [4.69, 9.17) is 0 Å². The summed E-state index contributed by atoms with van der Waals surface area (Å²) in [6.45, 7) is 2.75. The number of carbonyl (C=O) groups excluding carboxylic acids is 3. The summed E-state index contributed by atoms with van der Waals surface area (Å²) in [5.41, 5.74) is 4.20. The zero-order valence-corrected chi connectivity index (χ0v) is 18.5. The molecule has 5 rings (SSSR count). The van der Waals surface area contributed by atoms with Crippen LogP contribution in [0.5, 0.6) is 0 Å². The number of aromatic amines is 1. The third-order valence-electron chi connectivity index (χ3n) is 6.15. The first kappa shape index (κ1) is 20.8. The molecule has 0 atom stereocenters. The molecule has 0 unspecified atom stereocenters. The lowest BCUT2D eigenvalue weighted by atomic mass is 9.95. The van der Waals surface area contributed by atoms with E-state index in [9.17, 15) is 14.4 Å². The summed E-state index contributed by atoms with van der Waals surface area (Å²) in [4.78, 5) is 42.2. The first-order valence-electron chi connectivity index (χ1n) is 10.9. The van der Waals surface area contributed by atoms with Gasteiger partial charge in [0.15, 0.2) is 0 Å². The van der Waals surface area contributed by atoms with Gasteiger partial charge in [0.25, 0.3) is 11.8 Å². The van der Waals surface area contributed by atoms with Gasteiger partial charge in [0.2, 0.25) is 5.91 Å². The van der Waals surface area contributed by atoms with Gasteiger partial charge >= 0.3 is 0 Å². The predicted molar refractivity (Wildman–Crippen MR) is 128 cm³/mol. The van der Waals surface area contributed by atoms with Gasteiger partial charge in [-0.05, 0) is 18.6 Å². The van der Waals surface area contributed by atoms with Crippen molar-refractivity contribution >= 4 is 50.7 Å². The Morgan fingerprint density at radius 3 is 2.36 bits per heavy atom. The van der Waals surface area contributed by atoms with Crippen molar-refractivity contribution in [3.05, 3.63) is 72.1 Å². The molecule has 0 aliphatic carbocycles. The number of aromatic nitrogens is 2. The summed E-state index contributed by atoms with van der Waals surface area (Å²) < 4.78 is 2.09. The number of hydrogen-bond acceptors (Lipinski definition) is 3. The average molecular weight is 441 g/mol. The lowest BCUT2D eigenvalue weighted by Gasteiger charge is -2.06. The number of imide groups is 1. The molecule has 0 radical (unpaired) electrons. The van der Waals surface area contributed by atoms with E-state index in [0.717, 1.165) is 39.4 Å². The monoisotopic (exact) mass is 440 g/mol. The Labute approximate surface area is 190 Å². The molecule has 33 heavy (non-hydrogen) atoms. The molecule has 2 aromatic heterocycles. The first-order valence-corrected chi connectivity index (χ1v) is 10.9. The zero-order valence-electron chi connectivity index (χ0n) is 18.5. The fourth-order valence-corrected chi connectivity index (χ4v) is 4.56. The molecule has 166 valence electrons. The molecule has 1 aliphatic rings. The third-order valence-corrected chi connectivity index (χ3v) is 6.15. The van der Waals surface area contributed by atoms with E-state index in [1.54, 1.807) is 6.20 Å². The zero-order chi connectivity index (χ0) is 23.1. The van der Waals surface area contributed by atoms with Crippen LogP contribution >= 0.6 is 0 Å². The number of carbonyl (C=O) groups is 3. The Bertz CT molecular complexity index is 1460. The molecule has 0 spiro atoms. The quantitative estimate of drug-likeness (QED) is 0.355. The molecule has 7 heteroatoms. The smallest absolute Gasteiger partial charge is 0.261 e. The average Bonchev–Trinajstić information content (AvgIpc) is 3.46. The Hall–Kier alpha value is -4.13. The normalized spacial score (nSPS) is 14.2. The number of benzene rings is 2. The first-order chi connectivity index (χ1) is 16.0. The highest BCUT2D eigenvalue weighted by molar-refractivity contribution is 6.50. The van der Waals surface area contributed by atoms with Crippen molar-refractivity contribution in [3.63, 3.8) is 0 Å². The molecule has 3 heterocycles. The van der Waals surface area contributed by atoms with E-state index in [1.807, 2.05) is 54.7 Å². The molecule has 4 aromatic rings. The molecule has 7 nitrogen and oxygen atoms in total. The Morgan fingerprint density at radius 2 is 1.61 bits per heavy atom. The maximum atomic E-state index is 13.3. The van der Waals surface area contributed by atoms with Crippen LogP contribution in [-0.2, 0) is 20.9 Å². The number of rotatable bonds is 6. The van der Waals surface area contributed by atoms with Gasteiger partial charge in [-0.25, -0.2) is 0 Å². The molecule has 3 amide bonds. The summed E-state index contributed by atoms with van der Waals surface area (Å²) in [5, 5.41) is 4.64. The van der Waals surface area contributed by atoms with Crippen molar-refractivity contribution in [3.8, 4) is 0 Å². The number of likely N-dealkylation sites (N-methyl/N-ethyl adjacent to an activating group) is 1. The minimum absolute atomic E-state index is 0.0559. The van der Waals surface area contributed by atoms with Crippen LogP contribution in [0.25, 0.3) is 33.0 Å². The van der Waals surface area contributed by atoms with Gasteiger partial charge in [-0.2, -0.15) is 0 Å². The highest BCUT2D eigenvalue weighted by Gasteiger charge is 2.39. The van der Waals surface area contributed by atoms with Crippen LogP contribution in [0.3, 0.4) is 0 Å². The molecule has 0 saturated carbocycles. The minimum atomic E-state index is -0.304.